The summed E-state index contributed by atoms with van der Waals surface area (Å²) < 4.78 is 10.5. The van der Waals surface area contributed by atoms with E-state index >= 15 is 0 Å². The predicted molar refractivity (Wildman–Crippen MR) is 108 cm³/mol. The van der Waals surface area contributed by atoms with Gasteiger partial charge in [0.15, 0.2) is 17.3 Å². The van der Waals surface area contributed by atoms with Crippen molar-refractivity contribution in [1.29, 1.82) is 0 Å². The summed E-state index contributed by atoms with van der Waals surface area (Å²) in [5.74, 6) is 0.209. The van der Waals surface area contributed by atoms with Crippen molar-refractivity contribution < 1.29 is 23.9 Å². The molecule has 2 aliphatic rings. The van der Waals surface area contributed by atoms with Crippen LogP contribution in [0.15, 0.2) is 60.7 Å². The topological polar surface area (TPSA) is 84.9 Å². The molecule has 30 heavy (non-hydrogen) atoms. The quantitative estimate of drug-likeness (QED) is 0.535. The van der Waals surface area contributed by atoms with Crippen molar-refractivity contribution in [2.75, 3.05) is 13.3 Å². The Labute approximate surface area is 172 Å². The highest BCUT2D eigenvalue weighted by atomic mass is 16.7. The van der Waals surface area contributed by atoms with E-state index in [1.165, 1.54) is 0 Å². The fourth-order valence-electron chi connectivity index (χ4n) is 3.99. The van der Waals surface area contributed by atoms with Gasteiger partial charge in [0.25, 0.3) is 5.91 Å². The van der Waals surface area contributed by atoms with Crippen molar-refractivity contribution in [2.45, 2.75) is 12.5 Å². The molecule has 3 aromatic rings. The third-order valence-electron chi connectivity index (χ3n) is 5.60. The van der Waals surface area contributed by atoms with E-state index < -0.39 is 17.5 Å². The summed E-state index contributed by atoms with van der Waals surface area (Å²) in [5, 5.41) is 4.62. The second-order valence-corrected chi connectivity index (χ2v) is 7.46. The van der Waals surface area contributed by atoms with E-state index in [0.29, 0.717) is 22.6 Å². The smallest absolute Gasteiger partial charge is 0.325 e. The molecule has 2 aliphatic heterocycles. The molecule has 0 bridgehead atoms. The van der Waals surface area contributed by atoms with Gasteiger partial charge in [-0.15, -0.1) is 0 Å². The Hall–Kier alpha value is -3.87. The average molecular weight is 402 g/mol. The third kappa shape index (κ3) is 2.70. The van der Waals surface area contributed by atoms with Crippen molar-refractivity contribution >= 4 is 28.5 Å². The van der Waals surface area contributed by atoms with Gasteiger partial charge in [0.2, 0.25) is 6.79 Å². The number of ether oxygens (including phenoxy) is 2. The molecule has 0 saturated carbocycles. The number of fused-ring (bicyclic) bond motifs is 2. The highest BCUT2D eigenvalue weighted by molar-refractivity contribution is 6.12. The number of rotatable bonds is 4. The third-order valence-corrected chi connectivity index (χ3v) is 5.60. The number of hydrogen-bond acceptors (Lipinski definition) is 5. The van der Waals surface area contributed by atoms with E-state index in [4.69, 9.17) is 9.47 Å². The number of benzene rings is 3. The zero-order valence-electron chi connectivity index (χ0n) is 16.2. The number of nitrogens with one attached hydrogen (secondary N) is 1. The van der Waals surface area contributed by atoms with Gasteiger partial charge in [-0.1, -0.05) is 42.5 Å². The second kappa shape index (κ2) is 6.59. The number of carbonyl (C=O) groups excluding carboxylic acids is 3. The zero-order chi connectivity index (χ0) is 20.9. The molecule has 3 amide bonds. The van der Waals surface area contributed by atoms with Gasteiger partial charge in [-0.2, -0.15) is 0 Å². The van der Waals surface area contributed by atoms with E-state index in [2.05, 4.69) is 5.32 Å². The lowest BCUT2D eigenvalue weighted by Gasteiger charge is -2.24. The summed E-state index contributed by atoms with van der Waals surface area (Å²) in [4.78, 5) is 39.7. The minimum Gasteiger partial charge on any atom is -0.454 e. The van der Waals surface area contributed by atoms with Crippen molar-refractivity contribution in [3.63, 3.8) is 0 Å². The molecule has 0 radical (unpaired) electrons. The van der Waals surface area contributed by atoms with Crippen molar-refractivity contribution in [2.24, 2.45) is 0 Å². The number of urea groups is 1. The normalized spacial score (nSPS) is 20.0. The Kier molecular flexibility index (Phi) is 3.99. The lowest BCUT2D eigenvalue weighted by molar-refractivity contribution is -0.130. The van der Waals surface area contributed by atoms with E-state index in [9.17, 15) is 14.4 Å². The molecule has 0 spiro atoms. The minimum absolute atomic E-state index is 0.101. The molecule has 7 nitrogen and oxygen atoms in total. The zero-order valence-corrected chi connectivity index (χ0v) is 16.2. The van der Waals surface area contributed by atoms with Crippen LogP contribution in [-0.2, 0) is 10.3 Å². The number of ketones is 1. The molecule has 1 saturated heterocycles. The maximum absolute atomic E-state index is 13.3. The largest absolute Gasteiger partial charge is 0.454 e. The summed E-state index contributed by atoms with van der Waals surface area (Å²) >= 11 is 0. The number of hydrogen-bond donors (Lipinski definition) is 1. The number of carbonyl (C=O) groups is 3. The maximum atomic E-state index is 13.3. The molecular formula is C23H18N2O5. The lowest BCUT2D eigenvalue weighted by Crippen LogP contribution is -2.41. The van der Waals surface area contributed by atoms with Gasteiger partial charge >= 0.3 is 6.03 Å². The van der Waals surface area contributed by atoms with E-state index in [0.717, 1.165) is 15.7 Å². The van der Waals surface area contributed by atoms with E-state index in [1.54, 1.807) is 25.1 Å². The first-order chi connectivity index (χ1) is 14.5. The summed E-state index contributed by atoms with van der Waals surface area (Å²) in [5.41, 5.74) is -0.219. The van der Waals surface area contributed by atoms with Gasteiger partial charge < -0.3 is 14.8 Å². The van der Waals surface area contributed by atoms with Gasteiger partial charge in [0.1, 0.15) is 5.54 Å². The molecule has 1 atom stereocenters. The fraction of sp³-hybridized carbons (Fsp3) is 0.174. The van der Waals surface area contributed by atoms with Crippen LogP contribution in [0, 0.1) is 0 Å². The Balaban J connectivity index is 1.45. The van der Waals surface area contributed by atoms with Gasteiger partial charge in [-0.3, -0.25) is 14.5 Å². The summed E-state index contributed by atoms with van der Waals surface area (Å²) in [7, 11) is 0. The first-order valence-electron chi connectivity index (χ1n) is 9.52. The van der Waals surface area contributed by atoms with Gasteiger partial charge in [-0.25, -0.2) is 4.79 Å². The lowest BCUT2D eigenvalue weighted by atomic mass is 9.88. The molecule has 1 N–H and O–H groups in total. The molecule has 150 valence electrons. The van der Waals surface area contributed by atoms with Crippen LogP contribution in [0.3, 0.4) is 0 Å². The Morgan fingerprint density at radius 1 is 1.03 bits per heavy atom. The molecule has 2 heterocycles. The monoisotopic (exact) mass is 402 g/mol. The molecule has 0 aromatic heterocycles. The first-order valence-corrected chi connectivity index (χ1v) is 9.52. The summed E-state index contributed by atoms with van der Waals surface area (Å²) in [6, 6.07) is 17.5. The number of amides is 3. The SMILES string of the molecule is C[C@@]1(c2cccc3ccccc23)NC(=O)N(CC(=O)c2ccc3c(c2)OCO3)C1=O. The van der Waals surface area contributed by atoms with Gasteiger partial charge in [0.05, 0.1) is 6.54 Å². The number of imide groups is 1. The minimum atomic E-state index is -1.26. The first kappa shape index (κ1) is 18.2. The van der Waals surface area contributed by atoms with Crippen LogP contribution in [-0.4, -0.2) is 36.0 Å². The van der Waals surface area contributed by atoms with Crippen LogP contribution in [0.1, 0.15) is 22.8 Å². The molecule has 0 aliphatic carbocycles. The summed E-state index contributed by atoms with van der Waals surface area (Å²) in [6.45, 7) is 1.41. The fourth-order valence-corrected chi connectivity index (χ4v) is 3.99. The molecule has 3 aromatic carbocycles. The van der Waals surface area contributed by atoms with Crippen LogP contribution in [0.4, 0.5) is 4.79 Å². The molecule has 7 heteroatoms. The maximum Gasteiger partial charge on any atom is 0.325 e. The molecule has 1 fully saturated rings. The number of Topliss-reactive ketones (excluding diaryl/α,β-unsaturated/α-hetero) is 1. The van der Waals surface area contributed by atoms with Crippen molar-refractivity contribution in [3.05, 3.63) is 71.8 Å². The van der Waals surface area contributed by atoms with Crippen molar-refractivity contribution in [3.8, 4) is 11.5 Å². The molecular weight excluding hydrogens is 384 g/mol. The van der Waals surface area contributed by atoms with Crippen molar-refractivity contribution in [1.82, 2.24) is 10.2 Å². The van der Waals surface area contributed by atoms with Gasteiger partial charge in [0, 0.05) is 5.56 Å². The number of nitrogens with zero attached hydrogens (tertiary/aromatic N) is 1. The predicted octanol–water partition coefficient (Wildman–Crippen LogP) is 3.22. The summed E-state index contributed by atoms with van der Waals surface area (Å²) in [6.07, 6.45) is 0. The van der Waals surface area contributed by atoms with Crippen LogP contribution >= 0.6 is 0 Å². The Morgan fingerprint density at radius 2 is 1.80 bits per heavy atom. The molecule has 0 unspecified atom stereocenters. The standard InChI is InChI=1S/C23H18N2O5/c1-23(17-8-4-6-14-5-2-3-7-16(14)17)21(27)25(22(28)24-23)12-18(26)15-9-10-19-20(11-15)30-13-29-19/h2-11H,12-13H2,1H3,(H,24,28)/t23-/m0/s1. The van der Waals surface area contributed by atoms with Crippen LogP contribution in [0.25, 0.3) is 10.8 Å². The van der Waals surface area contributed by atoms with Gasteiger partial charge in [-0.05, 0) is 41.5 Å². The molecule has 5 rings (SSSR count). The average Bonchev–Trinajstić information content (AvgIpc) is 3.31. The van der Waals surface area contributed by atoms with E-state index in [1.807, 2.05) is 42.5 Å². The second-order valence-electron chi connectivity index (χ2n) is 7.46. The van der Waals surface area contributed by atoms with Crippen LogP contribution in [0.5, 0.6) is 11.5 Å². The highest BCUT2D eigenvalue weighted by Gasteiger charge is 2.50. The van der Waals surface area contributed by atoms with Crippen LogP contribution in [0.2, 0.25) is 0 Å². The van der Waals surface area contributed by atoms with E-state index in [-0.39, 0.29) is 19.1 Å². The Bertz CT molecular complexity index is 1220. The van der Waals surface area contributed by atoms with Crippen LogP contribution < -0.4 is 14.8 Å². The highest BCUT2D eigenvalue weighted by Crippen LogP contribution is 2.35. The Morgan fingerprint density at radius 3 is 2.67 bits per heavy atom.